The number of hydrogen-bond acceptors (Lipinski definition) is 4. The van der Waals surface area contributed by atoms with Gasteiger partial charge in [0.2, 0.25) is 0 Å². The van der Waals surface area contributed by atoms with Gasteiger partial charge in [-0.25, -0.2) is 0 Å². The van der Waals surface area contributed by atoms with Crippen LogP contribution in [-0.2, 0) is 16.1 Å². The molecule has 1 unspecified atom stereocenters. The molecule has 4 nitrogen and oxygen atoms in total. The highest BCUT2D eigenvalue weighted by Crippen LogP contribution is 2.22. The lowest BCUT2D eigenvalue weighted by Crippen LogP contribution is -2.41. The summed E-state index contributed by atoms with van der Waals surface area (Å²) in [5.41, 5.74) is -0.0131. The van der Waals surface area contributed by atoms with Gasteiger partial charge in [0.05, 0.1) is 26.3 Å². The van der Waals surface area contributed by atoms with Crippen LogP contribution in [-0.4, -0.2) is 19.1 Å². The molecule has 1 aromatic rings. The Labute approximate surface area is 102 Å². The summed E-state index contributed by atoms with van der Waals surface area (Å²) in [4.78, 5) is 11.3. The summed E-state index contributed by atoms with van der Waals surface area (Å²) in [6.07, 6.45) is 2.00. The van der Waals surface area contributed by atoms with E-state index < -0.39 is 0 Å². The van der Waals surface area contributed by atoms with Crippen LogP contribution >= 0.6 is 0 Å². The Balaban J connectivity index is 2.55. The van der Waals surface area contributed by atoms with E-state index >= 15 is 0 Å². The maximum Gasteiger partial charge on any atom is 0.307 e. The second-order valence-corrected chi connectivity index (χ2v) is 5.16. The quantitative estimate of drug-likeness (QED) is 0.801. The second-order valence-electron chi connectivity index (χ2n) is 5.16. The fraction of sp³-hybridized carbons (Fsp3) is 0.615. The number of methoxy groups -OCH3 is 1. The molecule has 0 radical (unpaired) electrons. The van der Waals surface area contributed by atoms with Crippen LogP contribution in [0.25, 0.3) is 0 Å². The van der Waals surface area contributed by atoms with Crippen molar-refractivity contribution >= 4 is 5.97 Å². The van der Waals surface area contributed by atoms with Crippen LogP contribution in [0.3, 0.4) is 0 Å². The van der Waals surface area contributed by atoms with Gasteiger partial charge in [0, 0.05) is 6.04 Å². The minimum Gasteiger partial charge on any atom is -0.469 e. The number of hydrogen-bond donors (Lipinski definition) is 1. The lowest BCUT2D eigenvalue weighted by atomic mass is 9.84. The number of nitrogens with one attached hydrogen (secondary N) is 1. The van der Waals surface area contributed by atoms with Gasteiger partial charge in [0.15, 0.2) is 0 Å². The average molecular weight is 239 g/mol. The van der Waals surface area contributed by atoms with Crippen molar-refractivity contribution in [2.45, 2.75) is 39.8 Å². The Kier molecular flexibility index (Phi) is 4.75. The summed E-state index contributed by atoms with van der Waals surface area (Å²) < 4.78 is 9.96. The molecule has 1 rings (SSSR count). The fourth-order valence-electron chi connectivity index (χ4n) is 1.57. The van der Waals surface area contributed by atoms with Gasteiger partial charge in [-0.05, 0) is 17.5 Å². The Bertz CT molecular complexity index is 338. The van der Waals surface area contributed by atoms with Gasteiger partial charge in [-0.3, -0.25) is 4.79 Å². The van der Waals surface area contributed by atoms with E-state index in [2.05, 4.69) is 26.1 Å². The van der Waals surface area contributed by atoms with Crippen molar-refractivity contribution in [1.82, 2.24) is 5.32 Å². The largest absolute Gasteiger partial charge is 0.469 e. The number of esters is 1. The first kappa shape index (κ1) is 13.8. The molecule has 0 saturated carbocycles. The molecule has 17 heavy (non-hydrogen) atoms. The average Bonchev–Trinajstić information content (AvgIpc) is 2.74. The maximum absolute atomic E-state index is 11.3. The molecular formula is C13H21NO3. The number of carbonyl (C=O) groups excluding carboxylic acids is 1. The summed E-state index contributed by atoms with van der Waals surface area (Å²) in [6.45, 7) is 6.90. The molecule has 1 heterocycles. The Morgan fingerprint density at radius 2 is 2.24 bits per heavy atom. The van der Waals surface area contributed by atoms with E-state index in [1.165, 1.54) is 7.11 Å². The molecule has 96 valence electrons. The number of ether oxygens (including phenoxy) is 1. The van der Waals surface area contributed by atoms with Gasteiger partial charge in [0.1, 0.15) is 5.76 Å². The molecule has 0 amide bonds. The van der Waals surface area contributed by atoms with Crippen LogP contribution in [0.1, 0.15) is 33.0 Å². The Morgan fingerprint density at radius 3 is 2.71 bits per heavy atom. The summed E-state index contributed by atoms with van der Waals surface area (Å²) in [6, 6.07) is 3.81. The van der Waals surface area contributed by atoms with Gasteiger partial charge >= 0.3 is 5.97 Å². The molecule has 4 heteroatoms. The number of furan rings is 1. The summed E-state index contributed by atoms with van der Waals surface area (Å²) in [7, 11) is 1.41. The Morgan fingerprint density at radius 1 is 1.53 bits per heavy atom. The van der Waals surface area contributed by atoms with Crippen LogP contribution in [0, 0.1) is 5.41 Å². The third-order valence-electron chi connectivity index (χ3n) is 2.75. The molecule has 0 aliphatic carbocycles. The third-order valence-corrected chi connectivity index (χ3v) is 2.75. The van der Waals surface area contributed by atoms with Gasteiger partial charge in [0.25, 0.3) is 0 Å². The van der Waals surface area contributed by atoms with Gasteiger partial charge in [-0.15, -0.1) is 0 Å². The standard InChI is InChI=1S/C13H21NO3/c1-13(2,3)11(8-12(15)16-4)14-9-10-6-5-7-17-10/h5-7,11,14H,8-9H2,1-4H3. The number of rotatable bonds is 5. The van der Waals surface area contributed by atoms with Crippen LogP contribution < -0.4 is 5.32 Å². The highest BCUT2D eigenvalue weighted by molar-refractivity contribution is 5.70. The highest BCUT2D eigenvalue weighted by atomic mass is 16.5. The van der Waals surface area contributed by atoms with Gasteiger partial charge < -0.3 is 14.5 Å². The first-order chi connectivity index (χ1) is 7.93. The molecule has 1 atom stereocenters. The van der Waals surface area contributed by atoms with Crippen molar-refractivity contribution in [2.24, 2.45) is 5.41 Å². The van der Waals surface area contributed by atoms with E-state index in [9.17, 15) is 4.79 Å². The molecule has 0 fully saturated rings. The maximum atomic E-state index is 11.3. The van der Waals surface area contributed by atoms with Gasteiger partial charge in [-0.2, -0.15) is 0 Å². The third kappa shape index (κ3) is 4.61. The molecule has 0 aromatic carbocycles. The molecule has 0 aliphatic rings. The predicted molar refractivity (Wildman–Crippen MR) is 65.4 cm³/mol. The first-order valence-electron chi connectivity index (χ1n) is 5.76. The van der Waals surface area contributed by atoms with Crippen molar-refractivity contribution in [3.8, 4) is 0 Å². The van der Waals surface area contributed by atoms with E-state index in [1.807, 2.05) is 12.1 Å². The van der Waals surface area contributed by atoms with Crippen molar-refractivity contribution in [1.29, 1.82) is 0 Å². The molecule has 0 bridgehead atoms. The van der Waals surface area contributed by atoms with Crippen LogP contribution in [0.2, 0.25) is 0 Å². The SMILES string of the molecule is COC(=O)CC(NCc1ccco1)C(C)(C)C. The van der Waals surface area contributed by atoms with E-state index in [0.29, 0.717) is 13.0 Å². The lowest BCUT2D eigenvalue weighted by Gasteiger charge is -2.30. The molecule has 0 saturated heterocycles. The molecule has 0 aliphatic heterocycles. The van der Waals surface area contributed by atoms with Gasteiger partial charge in [-0.1, -0.05) is 20.8 Å². The van der Waals surface area contributed by atoms with Crippen LogP contribution in [0.5, 0.6) is 0 Å². The molecule has 1 N–H and O–H groups in total. The smallest absolute Gasteiger partial charge is 0.307 e. The van der Waals surface area contributed by atoms with Crippen LogP contribution in [0.4, 0.5) is 0 Å². The minimum absolute atomic E-state index is 0.0131. The zero-order chi connectivity index (χ0) is 12.9. The summed E-state index contributed by atoms with van der Waals surface area (Å²) in [5.74, 6) is 0.668. The van der Waals surface area contributed by atoms with E-state index in [4.69, 9.17) is 9.15 Å². The lowest BCUT2D eigenvalue weighted by molar-refractivity contribution is -0.141. The molecular weight excluding hydrogens is 218 g/mol. The van der Waals surface area contributed by atoms with Crippen molar-refractivity contribution in [3.63, 3.8) is 0 Å². The zero-order valence-corrected chi connectivity index (χ0v) is 10.9. The summed E-state index contributed by atoms with van der Waals surface area (Å²) in [5, 5.41) is 3.33. The highest BCUT2D eigenvalue weighted by Gasteiger charge is 2.27. The van der Waals surface area contributed by atoms with Crippen LogP contribution in [0.15, 0.2) is 22.8 Å². The van der Waals surface area contributed by atoms with E-state index in [1.54, 1.807) is 6.26 Å². The number of carbonyl (C=O) groups is 1. The monoisotopic (exact) mass is 239 g/mol. The minimum atomic E-state index is -0.197. The second kappa shape index (κ2) is 5.87. The van der Waals surface area contributed by atoms with Crippen molar-refractivity contribution < 1.29 is 13.9 Å². The topological polar surface area (TPSA) is 51.5 Å². The zero-order valence-electron chi connectivity index (χ0n) is 10.9. The van der Waals surface area contributed by atoms with Crippen molar-refractivity contribution in [3.05, 3.63) is 24.2 Å². The molecule has 0 spiro atoms. The normalized spacial score (nSPS) is 13.4. The van der Waals surface area contributed by atoms with E-state index in [-0.39, 0.29) is 17.4 Å². The predicted octanol–water partition coefficient (Wildman–Crippen LogP) is 2.35. The Hall–Kier alpha value is -1.29. The molecule has 1 aromatic heterocycles. The summed E-state index contributed by atoms with van der Waals surface area (Å²) >= 11 is 0. The van der Waals surface area contributed by atoms with E-state index in [0.717, 1.165) is 5.76 Å². The van der Waals surface area contributed by atoms with Crippen molar-refractivity contribution in [2.75, 3.05) is 7.11 Å². The first-order valence-corrected chi connectivity index (χ1v) is 5.76. The fourth-order valence-corrected chi connectivity index (χ4v) is 1.57.